The molecule has 2 aromatic carbocycles. The average Bonchev–Trinajstić information content (AvgIpc) is 3.00. The Morgan fingerprint density at radius 1 is 1.31 bits per heavy atom. The lowest BCUT2D eigenvalue weighted by Gasteiger charge is -2.17. The molecule has 5 nitrogen and oxygen atoms in total. The molecule has 1 saturated heterocycles. The highest BCUT2D eigenvalue weighted by Crippen LogP contribution is 2.26. The highest BCUT2D eigenvalue weighted by atomic mass is 35.5. The van der Waals surface area contributed by atoms with E-state index in [0.717, 1.165) is 0 Å². The van der Waals surface area contributed by atoms with Crippen molar-refractivity contribution < 1.29 is 14.0 Å². The van der Waals surface area contributed by atoms with Gasteiger partial charge in [0, 0.05) is 23.8 Å². The zero-order chi connectivity index (χ0) is 18.7. The summed E-state index contributed by atoms with van der Waals surface area (Å²) in [5, 5.41) is 11.7. The number of anilines is 1. The number of halogens is 2. The smallest absolute Gasteiger partial charge is 0.239 e. The summed E-state index contributed by atoms with van der Waals surface area (Å²) in [4.78, 5) is 26.4. The van der Waals surface area contributed by atoms with Gasteiger partial charge in [-0.1, -0.05) is 11.6 Å². The molecule has 3 rings (SSSR count). The van der Waals surface area contributed by atoms with Crippen molar-refractivity contribution >= 4 is 29.1 Å². The van der Waals surface area contributed by atoms with Gasteiger partial charge in [0.25, 0.3) is 0 Å². The summed E-state index contributed by atoms with van der Waals surface area (Å²) in [6.07, 6.45) is 0.397. The number of nitrogens with one attached hydrogen (secondary N) is 1. The molecule has 1 unspecified atom stereocenters. The van der Waals surface area contributed by atoms with Crippen LogP contribution in [0.1, 0.15) is 17.5 Å². The van der Waals surface area contributed by atoms with Crippen LogP contribution in [0.25, 0.3) is 0 Å². The summed E-state index contributed by atoms with van der Waals surface area (Å²) < 4.78 is 13.3. The van der Waals surface area contributed by atoms with E-state index < -0.39 is 17.6 Å². The van der Waals surface area contributed by atoms with Crippen molar-refractivity contribution in [3.63, 3.8) is 0 Å². The lowest BCUT2D eigenvalue weighted by molar-refractivity contribution is -0.132. The van der Waals surface area contributed by atoms with E-state index >= 15 is 0 Å². The van der Waals surface area contributed by atoms with Crippen LogP contribution in [-0.2, 0) is 16.1 Å². The van der Waals surface area contributed by atoms with Crippen molar-refractivity contribution in [2.75, 3.05) is 11.4 Å². The monoisotopic (exact) mass is 371 g/mol. The predicted octanol–water partition coefficient (Wildman–Crippen LogP) is 3.02. The summed E-state index contributed by atoms with van der Waals surface area (Å²) in [6, 6.07) is 12.7. The zero-order valence-corrected chi connectivity index (χ0v) is 14.5. The topological polar surface area (TPSA) is 73.2 Å². The van der Waals surface area contributed by atoms with Crippen LogP contribution < -0.4 is 10.2 Å². The average molecular weight is 372 g/mol. The molecular weight excluding hydrogens is 357 g/mol. The van der Waals surface area contributed by atoms with Crippen molar-refractivity contribution in [3.05, 3.63) is 64.4 Å². The minimum Gasteiger partial charge on any atom is -0.351 e. The molecule has 0 bridgehead atoms. The predicted molar refractivity (Wildman–Crippen MR) is 94.9 cm³/mol. The molecule has 1 N–H and O–H groups in total. The van der Waals surface area contributed by atoms with E-state index in [1.807, 2.05) is 6.07 Å². The van der Waals surface area contributed by atoms with Gasteiger partial charge in [0.05, 0.1) is 11.6 Å². The van der Waals surface area contributed by atoms with Gasteiger partial charge in [0.15, 0.2) is 0 Å². The van der Waals surface area contributed by atoms with Gasteiger partial charge in [-0.05, 0) is 54.4 Å². The largest absolute Gasteiger partial charge is 0.351 e. The summed E-state index contributed by atoms with van der Waals surface area (Å²) in [5.41, 5.74) is 1.68. The number of rotatable bonds is 4. The molecule has 1 aliphatic rings. The molecule has 0 spiro atoms. The van der Waals surface area contributed by atoms with Crippen LogP contribution >= 0.6 is 11.6 Å². The van der Waals surface area contributed by atoms with Crippen molar-refractivity contribution in [3.8, 4) is 6.07 Å². The molecule has 0 aliphatic carbocycles. The van der Waals surface area contributed by atoms with E-state index in [1.165, 1.54) is 17.0 Å². The maximum atomic E-state index is 13.3. The number of nitriles is 1. The molecule has 0 aromatic heterocycles. The summed E-state index contributed by atoms with van der Waals surface area (Å²) >= 11 is 5.79. The lowest BCUT2D eigenvalue weighted by atomic mass is 10.1. The van der Waals surface area contributed by atoms with E-state index in [4.69, 9.17) is 16.9 Å². The van der Waals surface area contributed by atoms with E-state index in [9.17, 15) is 14.0 Å². The third-order valence-corrected chi connectivity index (χ3v) is 4.44. The fourth-order valence-electron chi connectivity index (χ4n) is 2.92. The number of carbonyl (C=O) groups is 2. The highest BCUT2D eigenvalue weighted by Gasteiger charge is 2.37. The summed E-state index contributed by atoms with van der Waals surface area (Å²) in [6.45, 7) is 0.519. The molecule has 2 amide bonds. The van der Waals surface area contributed by atoms with Crippen LogP contribution in [-0.4, -0.2) is 18.4 Å². The van der Waals surface area contributed by atoms with E-state index in [1.54, 1.807) is 30.3 Å². The Bertz CT molecular complexity index is 872. The number of benzene rings is 2. The van der Waals surface area contributed by atoms with Gasteiger partial charge in [-0.25, -0.2) is 4.39 Å². The molecule has 7 heteroatoms. The number of hydrogen-bond donors (Lipinski definition) is 1. The fourth-order valence-corrected chi connectivity index (χ4v) is 3.17. The van der Waals surface area contributed by atoms with E-state index in [2.05, 4.69) is 5.32 Å². The van der Waals surface area contributed by atoms with Crippen molar-refractivity contribution in [1.29, 1.82) is 5.26 Å². The van der Waals surface area contributed by atoms with Crippen molar-refractivity contribution in [2.24, 2.45) is 5.92 Å². The molecule has 0 saturated carbocycles. The Morgan fingerprint density at radius 2 is 2.04 bits per heavy atom. The fraction of sp³-hybridized carbons (Fsp3) is 0.211. The minimum absolute atomic E-state index is 0.0942. The quantitative estimate of drug-likeness (QED) is 0.839. The third kappa shape index (κ3) is 3.84. The second-order valence-electron chi connectivity index (χ2n) is 5.99. The second-order valence-corrected chi connectivity index (χ2v) is 6.42. The normalized spacial score (nSPS) is 16.4. The molecule has 132 valence electrons. The molecule has 0 radical (unpaired) electrons. The number of carbonyl (C=O) groups excluding carboxylic acids is 2. The first-order chi connectivity index (χ1) is 12.5. The molecule has 26 heavy (non-hydrogen) atoms. The maximum absolute atomic E-state index is 13.3. The van der Waals surface area contributed by atoms with Crippen molar-refractivity contribution in [1.82, 2.24) is 5.32 Å². The van der Waals surface area contributed by atoms with Crippen LogP contribution in [0.15, 0.2) is 42.5 Å². The Kier molecular flexibility index (Phi) is 5.19. The Morgan fingerprint density at radius 3 is 2.69 bits per heavy atom. The first kappa shape index (κ1) is 17.9. The van der Waals surface area contributed by atoms with E-state index in [0.29, 0.717) is 29.8 Å². The first-order valence-corrected chi connectivity index (χ1v) is 8.40. The Hall–Kier alpha value is -2.91. The van der Waals surface area contributed by atoms with Gasteiger partial charge >= 0.3 is 0 Å². The Balaban J connectivity index is 1.63. The first-order valence-electron chi connectivity index (χ1n) is 8.02. The number of amides is 2. The standard InChI is InChI=1S/C19H15ClFN3O2/c20-14-7-13(8-15(21)9-14)11-23-18(25)17-5-6-24(19(17)26)16-3-1-12(10-22)2-4-16/h1-4,7-9,17H,5-6,11H2,(H,23,25). The van der Waals surface area contributed by atoms with Crippen LogP contribution in [0.3, 0.4) is 0 Å². The Labute approximate surface area is 155 Å². The summed E-state index contributed by atoms with van der Waals surface area (Å²) in [5.74, 6) is -1.95. The van der Waals surface area contributed by atoms with Gasteiger partial charge in [0.1, 0.15) is 11.7 Å². The molecule has 1 heterocycles. The molecule has 1 aliphatic heterocycles. The molecule has 1 atom stereocenters. The van der Waals surface area contributed by atoms with Gasteiger partial charge in [0.2, 0.25) is 11.8 Å². The van der Waals surface area contributed by atoms with Gasteiger partial charge in [-0.2, -0.15) is 5.26 Å². The summed E-state index contributed by atoms with van der Waals surface area (Å²) in [7, 11) is 0. The zero-order valence-electron chi connectivity index (χ0n) is 13.7. The molecule has 2 aromatic rings. The lowest BCUT2D eigenvalue weighted by Crippen LogP contribution is -2.36. The SMILES string of the molecule is N#Cc1ccc(N2CCC(C(=O)NCc3cc(F)cc(Cl)c3)C2=O)cc1. The number of nitrogens with zero attached hydrogens (tertiary/aromatic N) is 2. The molecule has 1 fully saturated rings. The highest BCUT2D eigenvalue weighted by molar-refractivity contribution is 6.30. The third-order valence-electron chi connectivity index (χ3n) is 4.22. The van der Waals surface area contributed by atoms with Crippen LogP contribution in [0.2, 0.25) is 5.02 Å². The minimum atomic E-state index is -0.783. The van der Waals surface area contributed by atoms with Crippen molar-refractivity contribution in [2.45, 2.75) is 13.0 Å². The van der Waals surface area contributed by atoms with Crippen LogP contribution in [0, 0.1) is 23.1 Å². The number of hydrogen-bond acceptors (Lipinski definition) is 3. The van der Waals surface area contributed by atoms with Crippen LogP contribution in [0.5, 0.6) is 0 Å². The molecular formula is C19H15ClFN3O2. The second kappa shape index (κ2) is 7.54. The van der Waals surface area contributed by atoms with Gasteiger partial charge in [-0.3, -0.25) is 9.59 Å². The van der Waals surface area contributed by atoms with E-state index in [-0.39, 0.29) is 17.5 Å². The van der Waals surface area contributed by atoms with Gasteiger partial charge in [-0.15, -0.1) is 0 Å². The van der Waals surface area contributed by atoms with Crippen LogP contribution in [0.4, 0.5) is 10.1 Å². The van der Waals surface area contributed by atoms with Gasteiger partial charge < -0.3 is 10.2 Å². The maximum Gasteiger partial charge on any atom is 0.239 e.